The quantitative estimate of drug-likeness (QED) is 0.881. The van der Waals surface area contributed by atoms with Crippen molar-refractivity contribution in [1.82, 2.24) is 4.90 Å². The first-order valence-corrected chi connectivity index (χ1v) is 7.98. The van der Waals surface area contributed by atoms with Crippen LogP contribution < -0.4 is 5.32 Å². The van der Waals surface area contributed by atoms with Crippen molar-refractivity contribution in [3.63, 3.8) is 0 Å². The predicted octanol–water partition coefficient (Wildman–Crippen LogP) is 3.95. The van der Waals surface area contributed by atoms with Crippen LogP contribution in [0, 0.1) is 5.92 Å². The zero-order chi connectivity index (χ0) is 17.9. The van der Waals surface area contributed by atoms with Crippen molar-refractivity contribution in [2.45, 2.75) is 31.9 Å². The summed E-state index contributed by atoms with van der Waals surface area (Å²) in [6, 6.07) is 3.14. The van der Waals surface area contributed by atoms with Gasteiger partial charge in [-0.05, 0) is 31.0 Å². The van der Waals surface area contributed by atoms with Gasteiger partial charge in [-0.1, -0.05) is 24.4 Å². The molecule has 0 saturated heterocycles. The highest BCUT2D eigenvalue weighted by Crippen LogP contribution is 2.36. The summed E-state index contributed by atoms with van der Waals surface area (Å²) in [6.45, 7) is -0.209. The molecule has 1 aliphatic rings. The molecule has 1 aromatic rings. The van der Waals surface area contributed by atoms with E-state index < -0.39 is 22.7 Å². The number of hydrogen-bond donors (Lipinski definition) is 1. The smallest absolute Gasteiger partial charge is 0.336 e. The van der Waals surface area contributed by atoms with E-state index in [4.69, 9.17) is 11.6 Å². The summed E-state index contributed by atoms with van der Waals surface area (Å²) in [7, 11) is 1.52. The number of amides is 2. The van der Waals surface area contributed by atoms with E-state index in [1.807, 2.05) is 0 Å². The van der Waals surface area contributed by atoms with E-state index in [1.165, 1.54) is 18.0 Å². The summed E-state index contributed by atoms with van der Waals surface area (Å²) in [5, 5.41) is 1.93. The van der Waals surface area contributed by atoms with E-state index in [9.17, 15) is 22.8 Å². The zero-order valence-electron chi connectivity index (χ0n) is 13.1. The van der Waals surface area contributed by atoms with Crippen LogP contribution in [0.15, 0.2) is 18.2 Å². The number of likely N-dealkylation sites (N-methyl/N-ethyl adjacent to an activating group) is 1. The molecule has 0 unspecified atom stereocenters. The number of anilines is 1. The Kier molecular flexibility index (Phi) is 5.74. The standard InChI is InChI=1S/C16H18ClF3N2O2/c1-22(15(24)10-4-2-3-5-10)9-14(23)21-11-6-7-13(17)12(8-11)16(18,19)20/h6-8,10H,2-5,9H2,1H3,(H,21,23). The lowest BCUT2D eigenvalue weighted by Crippen LogP contribution is -2.38. The van der Waals surface area contributed by atoms with Gasteiger partial charge >= 0.3 is 6.18 Å². The third kappa shape index (κ3) is 4.63. The molecule has 0 aliphatic heterocycles. The van der Waals surface area contributed by atoms with Crippen molar-refractivity contribution >= 4 is 29.1 Å². The second-order valence-corrected chi connectivity index (χ2v) is 6.32. The van der Waals surface area contributed by atoms with Gasteiger partial charge in [0.1, 0.15) is 0 Å². The Hall–Kier alpha value is -1.76. The Morgan fingerprint density at radius 1 is 1.29 bits per heavy atom. The maximum Gasteiger partial charge on any atom is 0.417 e. The van der Waals surface area contributed by atoms with Gasteiger partial charge in [0, 0.05) is 18.7 Å². The molecule has 2 rings (SSSR count). The molecule has 4 nitrogen and oxygen atoms in total. The summed E-state index contributed by atoms with van der Waals surface area (Å²) in [4.78, 5) is 25.4. The SMILES string of the molecule is CN(CC(=O)Nc1ccc(Cl)c(C(F)(F)F)c1)C(=O)C1CCCC1. The van der Waals surface area contributed by atoms with Crippen LogP contribution in [0.1, 0.15) is 31.2 Å². The molecule has 24 heavy (non-hydrogen) atoms. The van der Waals surface area contributed by atoms with E-state index in [2.05, 4.69) is 5.32 Å². The van der Waals surface area contributed by atoms with Crippen LogP contribution >= 0.6 is 11.6 Å². The highest BCUT2D eigenvalue weighted by atomic mass is 35.5. The van der Waals surface area contributed by atoms with Gasteiger partial charge in [0.25, 0.3) is 0 Å². The van der Waals surface area contributed by atoms with Crippen molar-refractivity contribution in [1.29, 1.82) is 0 Å². The number of benzene rings is 1. The maximum atomic E-state index is 12.8. The molecule has 1 saturated carbocycles. The van der Waals surface area contributed by atoms with Gasteiger partial charge in [0.05, 0.1) is 17.1 Å². The molecular weight excluding hydrogens is 345 g/mol. The van der Waals surface area contributed by atoms with Crippen LogP contribution in [0.2, 0.25) is 5.02 Å². The number of carbonyl (C=O) groups excluding carboxylic acids is 2. The number of halogens is 4. The molecule has 0 spiro atoms. The van der Waals surface area contributed by atoms with Gasteiger partial charge < -0.3 is 10.2 Å². The normalized spacial score (nSPS) is 15.4. The highest BCUT2D eigenvalue weighted by molar-refractivity contribution is 6.31. The third-order valence-electron chi connectivity index (χ3n) is 4.02. The average Bonchev–Trinajstić information content (AvgIpc) is 3.01. The maximum absolute atomic E-state index is 12.8. The molecule has 0 atom stereocenters. The van der Waals surface area contributed by atoms with Gasteiger partial charge in [-0.15, -0.1) is 0 Å². The van der Waals surface area contributed by atoms with Crippen LogP contribution in [0.25, 0.3) is 0 Å². The molecule has 132 valence electrons. The fraction of sp³-hybridized carbons (Fsp3) is 0.500. The number of carbonyl (C=O) groups is 2. The van der Waals surface area contributed by atoms with Crippen molar-refractivity contribution in [3.05, 3.63) is 28.8 Å². The lowest BCUT2D eigenvalue weighted by atomic mass is 10.1. The lowest BCUT2D eigenvalue weighted by molar-refractivity contribution is -0.137. The van der Waals surface area contributed by atoms with E-state index in [-0.39, 0.29) is 24.1 Å². The molecule has 1 fully saturated rings. The minimum Gasteiger partial charge on any atom is -0.336 e. The second-order valence-electron chi connectivity index (χ2n) is 5.92. The summed E-state index contributed by atoms with van der Waals surface area (Å²) in [6.07, 6.45) is -0.968. The molecule has 2 amide bonds. The summed E-state index contributed by atoms with van der Waals surface area (Å²) >= 11 is 5.53. The van der Waals surface area contributed by atoms with Gasteiger partial charge in [-0.3, -0.25) is 9.59 Å². The van der Waals surface area contributed by atoms with E-state index in [0.29, 0.717) is 0 Å². The monoisotopic (exact) mass is 362 g/mol. The van der Waals surface area contributed by atoms with Crippen molar-refractivity contribution in [2.75, 3.05) is 18.9 Å². The molecule has 1 N–H and O–H groups in total. The fourth-order valence-corrected chi connectivity index (χ4v) is 3.02. The van der Waals surface area contributed by atoms with Crippen LogP contribution in [0.3, 0.4) is 0 Å². The molecule has 0 bridgehead atoms. The Labute approximate surface area is 143 Å². The van der Waals surface area contributed by atoms with Gasteiger partial charge in [0.2, 0.25) is 11.8 Å². The van der Waals surface area contributed by atoms with Crippen LogP contribution in [-0.2, 0) is 15.8 Å². The lowest BCUT2D eigenvalue weighted by Gasteiger charge is -2.20. The van der Waals surface area contributed by atoms with Crippen molar-refractivity contribution < 1.29 is 22.8 Å². The van der Waals surface area contributed by atoms with E-state index in [0.717, 1.165) is 37.8 Å². The number of alkyl halides is 3. The minimum absolute atomic E-state index is 0.0153. The number of rotatable bonds is 4. The largest absolute Gasteiger partial charge is 0.417 e. The third-order valence-corrected chi connectivity index (χ3v) is 4.35. The van der Waals surface area contributed by atoms with Crippen molar-refractivity contribution in [3.8, 4) is 0 Å². The first-order chi connectivity index (χ1) is 11.2. The molecule has 0 radical (unpaired) electrons. The molecule has 8 heteroatoms. The summed E-state index contributed by atoms with van der Waals surface area (Å²) in [5.41, 5.74) is -1.03. The highest BCUT2D eigenvalue weighted by Gasteiger charge is 2.33. The molecule has 0 aromatic heterocycles. The summed E-state index contributed by atoms with van der Waals surface area (Å²) < 4.78 is 38.4. The molecule has 1 aromatic carbocycles. The van der Waals surface area contributed by atoms with Gasteiger partial charge in [-0.2, -0.15) is 13.2 Å². The van der Waals surface area contributed by atoms with Gasteiger partial charge in [0.15, 0.2) is 0 Å². The number of nitrogens with zero attached hydrogens (tertiary/aromatic N) is 1. The minimum atomic E-state index is -4.60. The van der Waals surface area contributed by atoms with Gasteiger partial charge in [-0.25, -0.2) is 0 Å². The Morgan fingerprint density at radius 2 is 1.92 bits per heavy atom. The van der Waals surface area contributed by atoms with E-state index in [1.54, 1.807) is 0 Å². The number of nitrogens with one attached hydrogen (secondary N) is 1. The zero-order valence-corrected chi connectivity index (χ0v) is 13.9. The fourth-order valence-electron chi connectivity index (χ4n) is 2.80. The Bertz CT molecular complexity index is 628. The van der Waals surface area contributed by atoms with Crippen LogP contribution in [0.5, 0.6) is 0 Å². The molecule has 1 aliphatic carbocycles. The first-order valence-electron chi connectivity index (χ1n) is 7.60. The topological polar surface area (TPSA) is 49.4 Å². The average molecular weight is 363 g/mol. The second kappa shape index (κ2) is 7.42. The Morgan fingerprint density at radius 3 is 2.50 bits per heavy atom. The van der Waals surface area contributed by atoms with E-state index >= 15 is 0 Å². The van der Waals surface area contributed by atoms with Crippen LogP contribution in [0.4, 0.5) is 18.9 Å². The first kappa shape index (κ1) is 18.6. The van der Waals surface area contributed by atoms with Crippen LogP contribution in [-0.4, -0.2) is 30.3 Å². The predicted molar refractivity (Wildman–Crippen MR) is 84.7 cm³/mol. The molecular formula is C16H18ClF3N2O2. The molecule has 0 heterocycles. The summed E-state index contributed by atoms with van der Waals surface area (Å²) in [5.74, 6) is -0.718. The Balaban J connectivity index is 1.98. The number of hydrogen-bond acceptors (Lipinski definition) is 2. The van der Waals surface area contributed by atoms with Crippen molar-refractivity contribution in [2.24, 2.45) is 5.92 Å².